The Morgan fingerprint density at radius 1 is 1.08 bits per heavy atom. The zero-order chi connectivity index (χ0) is 18.4. The van der Waals surface area contributed by atoms with Gasteiger partial charge in [0.25, 0.3) is 11.5 Å². The summed E-state index contributed by atoms with van der Waals surface area (Å²) in [5.41, 5.74) is 2.22. The number of amides is 1. The Hall–Kier alpha value is -3.06. The normalized spacial score (nSPS) is 11.2. The summed E-state index contributed by atoms with van der Waals surface area (Å²) in [6, 6.07) is 11.0. The number of benzene rings is 1. The molecule has 3 heterocycles. The number of carbonyl (C=O) groups is 1. The minimum atomic E-state index is -0.428. The van der Waals surface area contributed by atoms with E-state index in [-0.39, 0.29) is 16.9 Å². The minimum absolute atomic E-state index is 0.184. The topological polar surface area (TPSA) is 76.4 Å². The molecule has 0 aliphatic carbocycles. The fraction of sp³-hybridized carbons (Fsp3) is 0.158. The first-order valence-electron chi connectivity index (χ1n) is 8.12. The number of anilines is 1. The molecule has 4 aromatic rings. The zero-order valence-electron chi connectivity index (χ0n) is 14.5. The first-order valence-corrected chi connectivity index (χ1v) is 8.94. The van der Waals surface area contributed by atoms with Crippen LogP contribution in [-0.4, -0.2) is 20.3 Å². The van der Waals surface area contributed by atoms with Crippen LogP contribution in [0.3, 0.4) is 0 Å². The number of aryl methyl sites for hydroxylation is 3. The van der Waals surface area contributed by atoms with Crippen LogP contribution >= 0.6 is 11.3 Å². The van der Waals surface area contributed by atoms with Crippen molar-refractivity contribution in [3.05, 3.63) is 68.7 Å². The molecule has 0 unspecified atom stereocenters. The lowest BCUT2D eigenvalue weighted by atomic mass is 10.2. The lowest BCUT2D eigenvalue weighted by Crippen LogP contribution is -2.25. The van der Waals surface area contributed by atoms with Gasteiger partial charge in [-0.05, 0) is 32.9 Å². The van der Waals surface area contributed by atoms with Crippen LogP contribution in [0, 0.1) is 20.8 Å². The number of nitrogens with zero attached hydrogens (tertiary/aromatic N) is 3. The quantitative estimate of drug-likeness (QED) is 0.591. The van der Waals surface area contributed by atoms with E-state index >= 15 is 0 Å². The van der Waals surface area contributed by atoms with Crippen molar-refractivity contribution in [3.8, 4) is 0 Å². The smallest absolute Gasteiger partial charge is 0.282 e. The zero-order valence-corrected chi connectivity index (χ0v) is 15.3. The molecule has 6 nitrogen and oxygen atoms in total. The second-order valence-electron chi connectivity index (χ2n) is 6.08. The van der Waals surface area contributed by atoms with E-state index < -0.39 is 5.91 Å². The molecule has 0 spiro atoms. The number of rotatable bonds is 2. The summed E-state index contributed by atoms with van der Waals surface area (Å²) in [4.78, 5) is 36.0. The van der Waals surface area contributed by atoms with Crippen molar-refractivity contribution in [2.45, 2.75) is 20.8 Å². The van der Waals surface area contributed by atoms with Gasteiger partial charge >= 0.3 is 0 Å². The van der Waals surface area contributed by atoms with Crippen LogP contribution in [-0.2, 0) is 0 Å². The second-order valence-corrected chi connectivity index (χ2v) is 7.26. The molecule has 130 valence electrons. The molecule has 3 aromatic heterocycles. The van der Waals surface area contributed by atoms with Crippen LogP contribution in [0.1, 0.15) is 26.8 Å². The van der Waals surface area contributed by atoms with Gasteiger partial charge in [-0.15, -0.1) is 11.3 Å². The molecule has 0 bridgehead atoms. The van der Waals surface area contributed by atoms with Gasteiger partial charge in [-0.2, -0.15) is 0 Å². The molecule has 4 rings (SSSR count). The number of nitrogens with one attached hydrogen (secondary N) is 1. The molecule has 1 aromatic carbocycles. The van der Waals surface area contributed by atoms with Crippen molar-refractivity contribution in [2.75, 3.05) is 5.32 Å². The Labute approximate surface area is 153 Å². The van der Waals surface area contributed by atoms with Gasteiger partial charge in [0, 0.05) is 16.0 Å². The Morgan fingerprint density at radius 2 is 1.85 bits per heavy atom. The van der Waals surface area contributed by atoms with E-state index in [4.69, 9.17) is 0 Å². The lowest BCUT2D eigenvalue weighted by molar-refractivity contribution is 0.102. The number of fused-ring (bicyclic) bond motifs is 2. The van der Waals surface area contributed by atoms with E-state index in [1.165, 1.54) is 15.7 Å². The number of pyridine rings is 1. The molecule has 7 heteroatoms. The Balaban J connectivity index is 1.77. The van der Waals surface area contributed by atoms with Crippen molar-refractivity contribution in [1.82, 2.24) is 14.4 Å². The average molecular weight is 364 g/mol. The molecule has 0 saturated heterocycles. The highest BCUT2D eigenvalue weighted by Gasteiger charge is 2.18. The van der Waals surface area contributed by atoms with Crippen LogP contribution in [0.5, 0.6) is 0 Å². The van der Waals surface area contributed by atoms with Gasteiger partial charge in [-0.1, -0.05) is 24.3 Å². The second kappa shape index (κ2) is 6.03. The van der Waals surface area contributed by atoms with E-state index in [0.717, 1.165) is 21.5 Å². The fourth-order valence-corrected chi connectivity index (χ4v) is 3.86. The first kappa shape index (κ1) is 16.4. The third-order valence-electron chi connectivity index (χ3n) is 4.39. The van der Waals surface area contributed by atoms with Crippen molar-refractivity contribution < 1.29 is 4.79 Å². The average Bonchev–Trinajstić information content (AvgIpc) is 2.91. The van der Waals surface area contributed by atoms with Crippen LogP contribution < -0.4 is 10.9 Å². The van der Waals surface area contributed by atoms with Crippen molar-refractivity contribution in [3.63, 3.8) is 0 Å². The van der Waals surface area contributed by atoms with Gasteiger partial charge in [0.05, 0.1) is 11.2 Å². The molecular formula is C19H16N4O2S. The van der Waals surface area contributed by atoms with Gasteiger partial charge < -0.3 is 5.32 Å². The van der Waals surface area contributed by atoms with Gasteiger partial charge in [-0.25, -0.2) is 9.97 Å². The summed E-state index contributed by atoms with van der Waals surface area (Å²) in [7, 11) is 0. The number of hydrogen-bond donors (Lipinski definition) is 1. The largest absolute Gasteiger partial charge is 0.314 e. The third-order valence-corrected chi connectivity index (χ3v) is 5.45. The number of hydrogen-bond acceptors (Lipinski definition) is 5. The van der Waals surface area contributed by atoms with E-state index in [9.17, 15) is 9.59 Å². The number of carbonyl (C=O) groups excluding carboxylic acids is 1. The summed E-state index contributed by atoms with van der Waals surface area (Å²) >= 11 is 1.46. The third kappa shape index (κ3) is 2.57. The van der Waals surface area contributed by atoms with E-state index in [2.05, 4.69) is 15.3 Å². The van der Waals surface area contributed by atoms with Gasteiger partial charge in [0.1, 0.15) is 11.4 Å². The SMILES string of the molecule is Cc1nc2sc(C)c(C)n2c(=O)c1NC(=O)c1ccc2ccccc2n1. The molecule has 0 saturated carbocycles. The van der Waals surface area contributed by atoms with Gasteiger partial charge in [0.2, 0.25) is 0 Å². The fourth-order valence-electron chi connectivity index (χ4n) is 2.85. The van der Waals surface area contributed by atoms with Gasteiger partial charge in [-0.3, -0.25) is 14.0 Å². The van der Waals surface area contributed by atoms with E-state index in [0.29, 0.717) is 10.7 Å². The standard InChI is InChI=1S/C19H16N4O2S/c1-10-16(18(25)23-11(2)12(3)26-19(23)20-10)22-17(24)15-9-8-13-6-4-5-7-14(13)21-15/h4-9H,1-3H3,(H,22,24). The summed E-state index contributed by atoms with van der Waals surface area (Å²) < 4.78 is 1.54. The summed E-state index contributed by atoms with van der Waals surface area (Å²) in [6.07, 6.45) is 0. The highest BCUT2D eigenvalue weighted by molar-refractivity contribution is 7.17. The maximum atomic E-state index is 12.9. The minimum Gasteiger partial charge on any atom is -0.314 e. The van der Waals surface area contributed by atoms with Crippen LogP contribution in [0.4, 0.5) is 5.69 Å². The molecule has 1 amide bonds. The maximum absolute atomic E-state index is 12.9. The summed E-state index contributed by atoms with van der Waals surface area (Å²) in [5.74, 6) is -0.428. The first-order chi connectivity index (χ1) is 12.5. The number of aromatic nitrogens is 3. The van der Waals surface area contributed by atoms with Crippen LogP contribution in [0.2, 0.25) is 0 Å². The monoisotopic (exact) mass is 364 g/mol. The van der Waals surface area contributed by atoms with Crippen molar-refractivity contribution >= 4 is 38.8 Å². The Kier molecular flexibility index (Phi) is 3.81. The molecule has 1 N–H and O–H groups in total. The van der Waals surface area contributed by atoms with Crippen LogP contribution in [0.25, 0.3) is 15.9 Å². The van der Waals surface area contributed by atoms with Gasteiger partial charge in [0.15, 0.2) is 4.96 Å². The molecule has 0 radical (unpaired) electrons. The number of para-hydroxylation sites is 1. The summed E-state index contributed by atoms with van der Waals surface area (Å²) in [5, 5.41) is 3.65. The number of thiazole rings is 1. The molecule has 0 atom stereocenters. The van der Waals surface area contributed by atoms with Crippen molar-refractivity contribution in [1.29, 1.82) is 0 Å². The predicted molar refractivity (Wildman–Crippen MR) is 103 cm³/mol. The van der Waals surface area contributed by atoms with E-state index in [1.54, 1.807) is 13.0 Å². The highest BCUT2D eigenvalue weighted by atomic mass is 32.1. The molecule has 26 heavy (non-hydrogen) atoms. The molecular weight excluding hydrogens is 348 g/mol. The molecule has 0 aliphatic heterocycles. The van der Waals surface area contributed by atoms with E-state index in [1.807, 2.05) is 44.2 Å². The maximum Gasteiger partial charge on any atom is 0.282 e. The predicted octanol–water partition coefficient (Wildman–Crippen LogP) is 3.48. The highest BCUT2D eigenvalue weighted by Crippen LogP contribution is 2.21. The Bertz CT molecular complexity index is 1240. The summed E-state index contributed by atoms with van der Waals surface area (Å²) in [6.45, 7) is 5.53. The van der Waals surface area contributed by atoms with Crippen LogP contribution in [0.15, 0.2) is 41.2 Å². The Morgan fingerprint density at radius 3 is 2.65 bits per heavy atom. The van der Waals surface area contributed by atoms with Crippen molar-refractivity contribution in [2.24, 2.45) is 0 Å². The molecule has 0 aliphatic rings. The molecule has 0 fully saturated rings. The lowest BCUT2D eigenvalue weighted by Gasteiger charge is -2.08.